The fraction of sp³-hybridized carbons (Fsp3) is 0.667. The number of nitriles is 1. The average Bonchev–Trinajstić information content (AvgIpc) is 2.73. The molecule has 2 heterocycles. The molecule has 4 heteroatoms. The molecule has 1 amide bonds. The molecular weight excluding hydrogens is 346 g/mol. The minimum atomic E-state index is -0.440. The lowest BCUT2D eigenvalue weighted by atomic mass is 9.64. The van der Waals surface area contributed by atoms with E-state index < -0.39 is 5.41 Å². The van der Waals surface area contributed by atoms with Crippen LogP contribution in [0.1, 0.15) is 69.5 Å². The number of nitrogens with one attached hydrogen (secondary N) is 1. The van der Waals surface area contributed by atoms with E-state index in [9.17, 15) is 10.1 Å². The van der Waals surface area contributed by atoms with Crippen molar-refractivity contribution in [1.82, 2.24) is 10.2 Å². The Bertz CT molecular complexity index is 751. The molecule has 0 radical (unpaired) electrons. The number of rotatable bonds is 3. The Morgan fingerprint density at radius 1 is 1.18 bits per heavy atom. The molecule has 1 aromatic rings. The predicted octanol–water partition coefficient (Wildman–Crippen LogP) is 4.18. The van der Waals surface area contributed by atoms with Gasteiger partial charge in [0.15, 0.2) is 0 Å². The Kier molecular flexibility index (Phi) is 5.47. The lowest BCUT2D eigenvalue weighted by molar-refractivity contribution is -0.144. The maximum Gasteiger partial charge on any atom is 0.234 e. The van der Waals surface area contributed by atoms with Gasteiger partial charge in [-0.3, -0.25) is 4.79 Å². The summed E-state index contributed by atoms with van der Waals surface area (Å²) in [5, 5.41) is 13.0. The Hall–Kier alpha value is -1.86. The van der Waals surface area contributed by atoms with Crippen LogP contribution in [0.15, 0.2) is 24.3 Å². The SMILES string of the molecule is CC(C)C1CCC(C2c3ccccc3C3(CCNCC3)C(=O)N2CC#N)CC1. The number of carbonyl (C=O) groups is 1. The number of hydrogen-bond acceptors (Lipinski definition) is 3. The third-order valence-electron chi connectivity index (χ3n) is 7.71. The molecule has 1 spiro atoms. The monoisotopic (exact) mass is 379 g/mol. The van der Waals surface area contributed by atoms with Gasteiger partial charge in [0.05, 0.1) is 17.5 Å². The van der Waals surface area contributed by atoms with Crippen LogP contribution in [0.4, 0.5) is 0 Å². The lowest BCUT2D eigenvalue weighted by Gasteiger charge is -2.51. The number of benzene rings is 1. The molecule has 4 rings (SSSR count). The predicted molar refractivity (Wildman–Crippen MR) is 111 cm³/mol. The third-order valence-corrected chi connectivity index (χ3v) is 7.71. The van der Waals surface area contributed by atoms with Gasteiger partial charge in [-0.1, -0.05) is 38.1 Å². The second kappa shape index (κ2) is 7.87. The van der Waals surface area contributed by atoms with Crippen molar-refractivity contribution in [2.45, 2.75) is 63.8 Å². The molecule has 2 fully saturated rings. The largest absolute Gasteiger partial charge is 0.321 e. The number of amides is 1. The van der Waals surface area contributed by atoms with Crippen molar-refractivity contribution >= 4 is 5.91 Å². The molecule has 0 aromatic heterocycles. The molecule has 1 aromatic carbocycles. The van der Waals surface area contributed by atoms with Crippen molar-refractivity contribution in [2.24, 2.45) is 17.8 Å². The molecular formula is C24H33N3O. The quantitative estimate of drug-likeness (QED) is 0.802. The van der Waals surface area contributed by atoms with Gasteiger partial charge >= 0.3 is 0 Å². The number of carbonyl (C=O) groups excluding carboxylic acids is 1. The van der Waals surface area contributed by atoms with Crippen LogP contribution >= 0.6 is 0 Å². The van der Waals surface area contributed by atoms with Gasteiger partial charge in [-0.2, -0.15) is 5.26 Å². The number of piperidine rings is 1. The van der Waals surface area contributed by atoms with E-state index in [4.69, 9.17) is 0 Å². The Labute approximate surface area is 169 Å². The summed E-state index contributed by atoms with van der Waals surface area (Å²) < 4.78 is 0. The first kappa shape index (κ1) is 19.5. The normalized spacial score (nSPS) is 29.6. The summed E-state index contributed by atoms with van der Waals surface area (Å²) in [7, 11) is 0. The van der Waals surface area contributed by atoms with Crippen molar-refractivity contribution < 1.29 is 4.79 Å². The van der Waals surface area contributed by atoms with Gasteiger partial charge in [-0.05, 0) is 80.5 Å². The van der Waals surface area contributed by atoms with Gasteiger partial charge in [0.25, 0.3) is 0 Å². The fourth-order valence-corrected chi connectivity index (χ4v) is 6.09. The van der Waals surface area contributed by atoms with Crippen molar-refractivity contribution in [2.75, 3.05) is 19.6 Å². The highest BCUT2D eigenvalue weighted by Crippen LogP contribution is 2.51. The van der Waals surface area contributed by atoms with Gasteiger partial charge in [0.2, 0.25) is 5.91 Å². The van der Waals surface area contributed by atoms with E-state index in [0.717, 1.165) is 50.6 Å². The third kappa shape index (κ3) is 3.14. The van der Waals surface area contributed by atoms with Crippen LogP contribution in [0.3, 0.4) is 0 Å². The lowest BCUT2D eigenvalue weighted by Crippen LogP contribution is -2.58. The Morgan fingerprint density at radius 3 is 2.50 bits per heavy atom. The zero-order valence-corrected chi connectivity index (χ0v) is 17.3. The summed E-state index contributed by atoms with van der Waals surface area (Å²) in [5.74, 6) is 2.19. The molecule has 1 saturated heterocycles. The minimum absolute atomic E-state index is 0.0666. The first-order valence-electron chi connectivity index (χ1n) is 11.1. The number of hydrogen-bond donors (Lipinski definition) is 1. The standard InChI is InChI=1S/C24H33N3O/c1-17(2)18-7-9-19(10-8-18)22-20-5-3-4-6-21(20)24(11-14-26-15-12-24)23(28)27(22)16-13-25/h3-6,17-19,22,26H,7-12,14-16H2,1-2H3. The van der Waals surface area contributed by atoms with Crippen LogP contribution in [0, 0.1) is 29.1 Å². The minimum Gasteiger partial charge on any atom is -0.321 e. The van der Waals surface area contributed by atoms with Crippen LogP contribution < -0.4 is 5.32 Å². The second-order valence-electron chi connectivity index (χ2n) is 9.37. The van der Waals surface area contributed by atoms with Crippen LogP contribution in [-0.4, -0.2) is 30.4 Å². The van der Waals surface area contributed by atoms with E-state index in [1.807, 2.05) is 4.90 Å². The fourth-order valence-electron chi connectivity index (χ4n) is 6.09. The molecule has 4 nitrogen and oxygen atoms in total. The summed E-state index contributed by atoms with van der Waals surface area (Å²) in [5.41, 5.74) is 2.11. The summed E-state index contributed by atoms with van der Waals surface area (Å²) in [6, 6.07) is 11.0. The zero-order valence-electron chi connectivity index (χ0n) is 17.3. The van der Waals surface area contributed by atoms with Gasteiger partial charge in [-0.15, -0.1) is 0 Å². The van der Waals surface area contributed by atoms with E-state index in [1.54, 1.807) is 0 Å². The Morgan fingerprint density at radius 2 is 1.86 bits per heavy atom. The van der Waals surface area contributed by atoms with Crippen molar-refractivity contribution in [3.05, 3.63) is 35.4 Å². The van der Waals surface area contributed by atoms with Crippen LogP contribution in [0.5, 0.6) is 0 Å². The van der Waals surface area contributed by atoms with Crippen LogP contribution in [-0.2, 0) is 10.2 Å². The number of fused-ring (bicyclic) bond motifs is 2. The Balaban J connectivity index is 1.73. The molecule has 1 saturated carbocycles. The van der Waals surface area contributed by atoms with E-state index >= 15 is 0 Å². The van der Waals surface area contributed by atoms with Crippen molar-refractivity contribution in [3.63, 3.8) is 0 Å². The van der Waals surface area contributed by atoms with Crippen LogP contribution in [0.25, 0.3) is 0 Å². The summed E-state index contributed by atoms with van der Waals surface area (Å²) in [6.45, 7) is 6.59. The molecule has 28 heavy (non-hydrogen) atoms. The second-order valence-corrected chi connectivity index (χ2v) is 9.37. The molecule has 1 atom stereocenters. The highest BCUT2D eigenvalue weighted by Gasteiger charge is 2.52. The summed E-state index contributed by atoms with van der Waals surface area (Å²) >= 11 is 0. The topological polar surface area (TPSA) is 56.1 Å². The maximum atomic E-state index is 13.8. The van der Waals surface area contributed by atoms with Gasteiger partial charge in [-0.25, -0.2) is 0 Å². The van der Waals surface area contributed by atoms with Gasteiger partial charge in [0, 0.05) is 0 Å². The first-order chi connectivity index (χ1) is 13.6. The maximum absolute atomic E-state index is 13.8. The van der Waals surface area contributed by atoms with E-state index in [0.29, 0.717) is 5.92 Å². The summed E-state index contributed by atoms with van der Waals surface area (Å²) in [4.78, 5) is 15.8. The highest BCUT2D eigenvalue weighted by molar-refractivity contribution is 5.91. The van der Waals surface area contributed by atoms with Crippen LogP contribution in [0.2, 0.25) is 0 Å². The van der Waals surface area contributed by atoms with E-state index in [2.05, 4.69) is 49.5 Å². The zero-order chi connectivity index (χ0) is 19.7. The summed E-state index contributed by atoms with van der Waals surface area (Å²) in [6.07, 6.45) is 6.46. The van der Waals surface area contributed by atoms with Crippen molar-refractivity contribution in [3.8, 4) is 6.07 Å². The first-order valence-corrected chi connectivity index (χ1v) is 11.1. The molecule has 1 N–H and O–H groups in total. The van der Waals surface area contributed by atoms with E-state index in [-0.39, 0.29) is 18.5 Å². The molecule has 3 aliphatic rings. The average molecular weight is 380 g/mol. The molecule has 150 valence electrons. The smallest absolute Gasteiger partial charge is 0.234 e. The molecule has 2 aliphatic heterocycles. The molecule has 1 aliphatic carbocycles. The highest BCUT2D eigenvalue weighted by atomic mass is 16.2. The van der Waals surface area contributed by atoms with E-state index in [1.165, 1.54) is 24.0 Å². The van der Waals surface area contributed by atoms with Gasteiger partial charge in [0.1, 0.15) is 6.54 Å². The van der Waals surface area contributed by atoms with Gasteiger partial charge < -0.3 is 10.2 Å². The number of nitrogens with zero attached hydrogens (tertiary/aromatic N) is 2. The molecule has 0 bridgehead atoms. The molecule has 1 unspecified atom stereocenters. The van der Waals surface area contributed by atoms with Crippen molar-refractivity contribution in [1.29, 1.82) is 5.26 Å².